The summed E-state index contributed by atoms with van der Waals surface area (Å²) in [6, 6.07) is 12.5. The van der Waals surface area contributed by atoms with E-state index < -0.39 is 0 Å². The number of aliphatic hydroxyl groups is 1. The third kappa shape index (κ3) is 2.32. The molecule has 0 aliphatic heterocycles. The van der Waals surface area contributed by atoms with Gasteiger partial charge < -0.3 is 9.51 Å². The largest absolute Gasteiger partial charge is 0.390 e. The van der Waals surface area contributed by atoms with Crippen molar-refractivity contribution >= 4 is 5.65 Å². The van der Waals surface area contributed by atoms with Gasteiger partial charge in [0.25, 0.3) is 0 Å². The average Bonchev–Trinajstić information content (AvgIpc) is 2.78. The number of aromatic nitrogens is 2. The van der Waals surface area contributed by atoms with Gasteiger partial charge in [-0.15, -0.1) is 0 Å². The minimum atomic E-state index is 0.00577. The van der Waals surface area contributed by atoms with Gasteiger partial charge in [-0.05, 0) is 31.0 Å². The zero-order valence-electron chi connectivity index (χ0n) is 11.8. The van der Waals surface area contributed by atoms with Gasteiger partial charge in [-0.25, -0.2) is 4.98 Å². The van der Waals surface area contributed by atoms with Gasteiger partial charge in [-0.2, -0.15) is 0 Å². The van der Waals surface area contributed by atoms with Gasteiger partial charge in [0.1, 0.15) is 5.65 Å². The van der Waals surface area contributed by atoms with Crippen LogP contribution < -0.4 is 0 Å². The molecular weight excluding hydrogens is 248 g/mol. The third-order valence-electron chi connectivity index (χ3n) is 3.59. The van der Waals surface area contributed by atoms with Crippen LogP contribution in [0.4, 0.5) is 0 Å². The standard InChI is InChI=1S/C17H18N2O/c1-12-3-6-14(7-4-12)9-15-16(11-20)19-10-13(2)5-8-17(19)18-15/h3-8,10,20H,9,11H2,1-2H3. The Morgan fingerprint density at radius 1 is 1.00 bits per heavy atom. The number of benzene rings is 1. The van der Waals surface area contributed by atoms with Gasteiger partial charge in [-0.3, -0.25) is 0 Å². The van der Waals surface area contributed by atoms with E-state index in [1.807, 2.05) is 29.7 Å². The Bertz CT molecular complexity index is 742. The van der Waals surface area contributed by atoms with Crippen molar-refractivity contribution in [3.8, 4) is 0 Å². The third-order valence-corrected chi connectivity index (χ3v) is 3.59. The first-order valence-electron chi connectivity index (χ1n) is 6.80. The normalized spacial score (nSPS) is 11.2. The van der Waals surface area contributed by atoms with E-state index in [0.717, 1.165) is 29.0 Å². The highest BCUT2D eigenvalue weighted by molar-refractivity contribution is 5.45. The van der Waals surface area contributed by atoms with Crippen LogP contribution in [0.25, 0.3) is 5.65 Å². The molecule has 0 radical (unpaired) electrons. The molecule has 3 nitrogen and oxygen atoms in total. The van der Waals surface area contributed by atoms with Crippen LogP contribution in [0.3, 0.4) is 0 Å². The number of hydrogen-bond acceptors (Lipinski definition) is 2. The predicted octanol–water partition coefficient (Wildman–Crippen LogP) is 3.03. The van der Waals surface area contributed by atoms with E-state index in [1.165, 1.54) is 11.1 Å². The molecule has 0 fully saturated rings. The maximum Gasteiger partial charge on any atom is 0.137 e. The number of pyridine rings is 1. The number of imidazole rings is 1. The summed E-state index contributed by atoms with van der Waals surface area (Å²) in [5.74, 6) is 0. The van der Waals surface area contributed by atoms with Gasteiger partial charge in [0.15, 0.2) is 0 Å². The molecule has 2 aromatic heterocycles. The van der Waals surface area contributed by atoms with Crippen LogP contribution in [0.15, 0.2) is 42.6 Å². The molecule has 0 saturated carbocycles. The first kappa shape index (κ1) is 12.9. The fourth-order valence-corrected chi connectivity index (χ4v) is 2.46. The fourth-order valence-electron chi connectivity index (χ4n) is 2.46. The second-order valence-corrected chi connectivity index (χ2v) is 5.26. The smallest absolute Gasteiger partial charge is 0.137 e. The van der Waals surface area contributed by atoms with E-state index in [2.05, 4.69) is 36.2 Å². The summed E-state index contributed by atoms with van der Waals surface area (Å²) in [5.41, 5.74) is 6.34. The maximum atomic E-state index is 9.66. The van der Waals surface area contributed by atoms with E-state index in [4.69, 9.17) is 0 Å². The molecule has 0 unspecified atom stereocenters. The van der Waals surface area contributed by atoms with Gasteiger partial charge >= 0.3 is 0 Å². The summed E-state index contributed by atoms with van der Waals surface area (Å²) in [5, 5.41) is 9.66. The van der Waals surface area contributed by atoms with Crippen molar-refractivity contribution in [1.29, 1.82) is 0 Å². The van der Waals surface area contributed by atoms with Gasteiger partial charge in [-0.1, -0.05) is 35.9 Å². The molecule has 102 valence electrons. The number of aliphatic hydroxyl groups excluding tert-OH is 1. The molecule has 3 heteroatoms. The minimum absolute atomic E-state index is 0.00577. The number of fused-ring (bicyclic) bond motifs is 1. The molecule has 3 rings (SSSR count). The van der Waals surface area contributed by atoms with Gasteiger partial charge in [0.05, 0.1) is 18.0 Å². The second kappa shape index (κ2) is 5.10. The molecule has 0 aliphatic rings. The van der Waals surface area contributed by atoms with Crippen molar-refractivity contribution in [3.05, 3.63) is 70.7 Å². The van der Waals surface area contributed by atoms with Crippen molar-refractivity contribution in [2.75, 3.05) is 0 Å². The monoisotopic (exact) mass is 266 g/mol. The van der Waals surface area contributed by atoms with Crippen LogP contribution >= 0.6 is 0 Å². The van der Waals surface area contributed by atoms with Crippen LogP contribution in [0, 0.1) is 13.8 Å². The Morgan fingerprint density at radius 2 is 1.70 bits per heavy atom. The van der Waals surface area contributed by atoms with Crippen LogP contribution in [-0.4, -0.2) is 14.5 Å². The predicted molar refractivity (Wildman–Crippen MR) is 79.8 cm³/mol. The number of rotatable bonds is 3. The van der Waals surface area contributed by atoms with E-state index in [9.17, 15) is 5.11 Å². The molecule has 0 spiro atoms. The van der Waals surface area contributed by atoms with Crippen molar-refractivity contribution in [1.82, 2.24) is 9.38 Å². The highest BCUT2D eigenvalue weighted by atomic mass is 16.3. The molecule has 1 N–H and O–H groups in total. The molecule has 2 heterocycles. The molecule has 3 aromatic rings. The number of aryl methyl sites for hydroxylation is 2. The molecule has 20 heavy (non-hydrogen) atoms. The maximum absolute atomic E-state index is 9.66. The molecule has 1 aromatic carbocycles. The zero-order valence-corrected chi connectivity index (χ0v) is 11.8. The van der Waals surface area contributed by atoms with Gasteiger partial charge in [0.2, 0.25) is 0 Å². The molecule has 0 atom stereocenters. The Morgan fingerprint density at radius 3 is 2.40 bits per heavy atom. The molecule has 0 bridgehead atoms. The number of hydrogen-bond donors (Lipinski definition) is 1. The lowest BCUT2D eigenvalue weighted by Crippen LogP contribution is -1.98. The summed E-state index contributed by atoms with van der Waals surface area (Å²) in [6.45, 7) is 4.13. The Balaban J connectivity index is 2.04. The van der Waals surface area contributed by atoms with Crippen LogP contribution in [0.1, 0.15) is 28.1 Å². The molecule has 0 aliphatic carbocycles. The lowest BCUT2D eigenvalue weighted by Gasteiger charge is -2.03. The summed E-state index contributed by atoms with van der Waals surface area (Å²) >= 11 is 0. The Kier molecular flexibility index (Phi) is 3.28. The first-order valence-corrected chi connectivity index (χ1v) is 6.80. The topological polar surface area (TPSA) is 37.5 Å². The quantitative estimate of drug-likeness (QED) is 0.791. The minimum Gasteiger partial charge on any atom is -0.390 e. The van der Waals surface area contributed by atoms with E-state index in [-0.39, 0.29) is 6.61 Å². The second-order valence-electron chi connectivity index (χ2n) is 5.26. The van der Waals surface area contributed by atoms with Crippen LogP contribution in [0.5, 0.6) is 0 Å². The lowest BCUT2D eigenvalue weighted by molar-refractivity contribution is 0.274. The van der Waals surface area contributed by atoms with Gasteiger partial charge in [0, 0.05) is 12.6 Å². The van der Waals surface area contributed by atoms with Crippen molar-refractivity contribution < 1.29 is 5.11 Å². The highest BCUT2D eigenvalue weighted by Gasteiger charge is 2.11. The summed E-state index contributed by atoms with van der Waals surface area (Å²) < 4.78 is 1.98. The van der Waals surface area contributed by atoms with Crippen molar-refractivity contribution in [2.24, 2.45) is 0 Å². The molecule has 0 saturated heterocycles. The Labute approximate surface area is 118 Å². The zero-order chi connectivity index (χ0) is 14.1. The van der Waals surface area contributed by atoms with Crippen molar-refractivity contribution in [2.45, 2.75) is 26.9 Å². The highest BCUT2D eigenvalue weighted by Crippen LogP contribution is 2.18. The fraction of sp³-hybridized carbons (Fsp3) is 0.235. The summed E-state index contributed by atoms with van der Waals surface area (Å²) in [7, 11) is 0. The van der Waals surface area contributed by atoms with E-state index in [1.54, 1.807) is 0 Å². The Hall–Kier alpha value is -2.13. The first-order chi connectivity index (χ1) is 9.67. The summed E-state index contributed by atoms with van der Waals surface area (Å²) in [6.07, 6.45) is 2.77. The molecular formula is C17H18N2O. The van der Waals surface area contributed by atoms with Crippen molar-refractivity contribution in [3.63, 3.8) is 0 Å². The van der Waals surface area contributed by atoms with Crippen LogP contribution in [-0.2, 0) is 13.0 Å². The summed E-state index contributed by atoms with van der Waals surface area (Å²) in [4.78, 5) is 4.65. The van der Waals surface area contributed by atoms with E-state index in [0.29, 0.717) is 0 Å². The van der Waals surface area contributed by atoms with E-state index >= 15 is 0 Å². The SMILES string of the molecule is Cc1ccc(Cc2nc3ccc(C)cn3c2CO)cc1. The number of nitrogens with zero attached hydrogens (tertiary/aromatic N) is 2. The molecule has 0 amide bonds. The average molecular weight is 266 g/mol. The lowest BCUT2D eigenvalue weighted by atomic mass is 10.1. The van der Waals surface area contributed by atoms with Crippen LogP contribution in [0.2, 0.25) is 0 Å².